The van der Waals surface area contributed by atoms with Gasteiger partial charge in [-0.2, -0.15) is 5.10 Å². The summed E-state index contributed by atoms with van der Waals surface area (Å²) in [5.74, 6) is 1.11. The third-order valence-corrected chi connectivity index (χ3v) is 3.94. The number of carbonyl (C=O) groups is 1. The van der Waals surface area contributed by atoms with Gasteiger partial charge in [0.05, 0.1) is 20.4 Å². The van der Waals surface area contributed by atoms with Gasteiger partial charge in [0.15, 0.2) is 0 Å². The molecule has 1 unspecified atom stereocenters. The van der Waals surface area contributed by atoms with Crippen LogP contribution >= 0.6 is 0 Å². The summed E-state index contributed by atoms with van der Waals surface area (Å²) in [6, 6.07) is 12.9. The molecule has 0 saturated heterocycles. The van der Waals surface area contributed by atoms with E-state index < -0.39 is 0 Å². The van der Waals surface area contributed by atoms with E-state index in [1.165, 1.54) is 5.56 Å². The summed E-state index contributed by atoms with van der Waals surface area (Å²) in [5, 5.41) is 7.26. The first-order valence-corrected chi connectivity index (χ1v) is 8.45. The normalized spacial score (nSPS) is 11.8. The van der Waals surface area contributed by atoms with E-state index in [-0.39, 0.29) is 11.9 Å². The van der Waals surface area contributed by atoms with Crippen LogP contribution in [0.4, 0.5) is 5.69 Å². The summed E-state index contributed by atoms with van der Waals surface area (Å²) in [6.45, 7) is 3.97. The Bertz CT molecular complexity index is 757. The minimum absolute atomic E-state index is 0.197. The number of anilines is 1. The van der Waals surface area contributed by atoms with Gasteiger partial charge in [-0.3, -0.25) is 4.79 Å². The number of nitrogens with one attached hydrogen (secondary N) is 2. The molecule has 1 amide bonds. The number of hydrazone groups is 1. The first-order chi connectivity index (χ1) is 12.6. The van der Waals surface area contributed by atoms with Gasteiger partial charge in [0.25, 0.3) is 5.91 Å². The third-order valence-electron chi connectivity index (χ3n) is 3.94. The molecule has 0 aliphatic carbocycles. The first kappa shape index (κ1) is 19.3. The second-order valence-corrected chi connectivity index (χ2v) is 5.81. The summed E-state index contributed by atoms with van der Waals surface area (Å²) in [5.41, 5.74) is 5.39. The number of benzene rings is 2. The average molecular weight is 355 g/mol. The van der Waals surface area contributed by atoms with E-state index in [4.69, 9.17) is 9.47 Å². The molecule has 6 heteroatoms. The maximum atomic E-state index is 12.4. The second kappa shape index (κ2) is 9.46. The van der Waals surface area contributed by atoms with Crippen molar-refractivity contribution in [1.29, 1.82) is 0 Å². The van der Waals surface area contributed by atoms with Gasteiger partial charge in [0.1, 0.15) is 17.5 Å². The van der Waals surface area contributed by atoms with Gasteiger partial charge in [-0.25, -0.2) is 5.43 Å². The van der Waals surface area contributed by atoms with Gasteiger partial charge in [0.2, 0.25) is 0 Å². The van der Waals surface area contributed by atoms with Crippen molar-refractivity contribution in [2.75, 3.05) is 19.5 Å². The van der Waals surface area contributed by atoms with E-state index in [0.717, 1.165) is 11.3 Å². The van der Waals surface area contributed by atoms with Crippen molar-refractivity contribution in [2.24, 2.45) is 5.10 Å². The molecule has 2 rings (SSSR count). The second-order valence-electron chi connectivity index (χ2n) is 5.81. The number of ether oxygens (including phenoxy) is 2. The zero-order valence-corrected chi connectivity index (χ0v) is 15.6. The van der Waals surface area contributed by atoms with Crippen molar-refractivity contribution in [2.45, 2.75) is 26.3 Å². The predicted octanol–water partition coefficient (Wildman–Crippen LogP) is 3.35. The Balaban J connectivity index is 1.99. The Hall–Kier alpha value is -3.02. The zero-order chi connectivity index (χ0) is 18.9. The lowest BCUT2D eigenvalue weighted by Gasteiger charge is -2.16. The highest BCUT2D eigenvalue weighted by atomic mass is 16.5. The number of amides is 1. The maximum absolute atomic E-state index is 12.4. The molecule has 0 aliphatic rings. The van der Waals surface area contributed by atoms with Gasteiger partial charge in [-0.1, -0.05) is 24.6 Å². The molecule has 0 aliphatic heterocycles. The maximum Gasteiger partial charge on any atom is 0.262 e. The predicted molar refractivity (Wildman–Crippen MR) is 104 cm³/mol. The molecule has 0 spiro atoms. The van der Waals surface area contributed by atoms with E-state index in [2.05, 4.69) is 15.8 Å². The van der Waals surface area contributed by atoms with Crippen molar-refractivity contribution < 1.29 is 14.3 Å². The Morgan fingerprint density at radius 1 is 1.15 bits per heavy atom. The minimum atomic E-state index is -0.368. The van der Waals surface area contributed by atoms with E-state index in [0.29, 0.717) is 17.9 Å². The molecular formula is C20H25N3O3. The monoisotopic (exact) mass is 355 g/mol. The lowest BCUT2D eigenvalue weighted by molar-refractivity contribution is -0.121. The van der Waals surface area contributed by atoms with Crippen molar-refractivity contribution in [1.82, 2.24) is 5.43 Å². The lowest BCUT2D eigenvalue weighted by Crippen LogP contribution is -2.36. The molecule has 0 bridgehead atoms. The topological polar surface area (TPSA) is 72.0 Å². The summed E-state index contributed by atoms with van der Waals surface area (Å²) >= 11 is 0. The van der Waals surface area contributed by atoms with Gasteiger partial charge in [0, 0.05) is 17.3 Å². The highest BCUT2D eigenvalue weighted by Crippen LogP contribution is 2.23. The molecule has 2 aromatic rings. The van der Waals surface area contributed by atoms with Crippen LogP contribution in [-0.2, 0) is 4.79 Å². The van der Waals surface area contributed by atoms with E-state index >= 15 is 0 Å². The molecule has 6 nitrogen and oxygen atoms in total. The summed E-state index contributed by atoms with van der Waals surface area (Å²) in [7, 11) is 3.16. The van der Waals surface area contributed by atoms with E-state index in [9.17, 15) is 4.79 Å². The third kappa shape index (κ3) is 5.24. The number of rotatable bonds is 8. The van der Waals surface area contributed by atoms with Crippen LogP contribution in [0.5, 0.6) is 11.5 Å². The van der Waals surface area contributed by atoms with Crippen molar-refractivity contribution in [3.8, 4) is 11.5 Å². The van der Waals surface area contributed by atoms with E-state index in [1.807, 2.05) is 44.2 Å². The Labute approximate surface area is 154 Å². The number of aryl methyl sites for hydroxylation is 1. The Morgan fingerprint density at radius 3 is 2.50 bits per heavy atom. The quantitative estimate of drug-likeness (QED) is 0.563. The zero-order valence-electron chi connectivity index (χ0n) is 15.6. The molecule has 138 valence electrons. The van der Waals surface area contributed by atoms with Crippen LogP contribution in [0, 0.1) is 6.92 Å². The van der Waals surface area contributed by atoms with Crippen molar-refractivity contribution in [3.05, 3.63) is 53.6 Å². The molecule has 1 atom stereocenters. The van der Waals surface area contributed by atoms with Crippen LogP contribution in [0.2, 0.25) is 0 Å². The van der Waals surface area contributed by atoms with Gasteiger partial charge < -0.3 is 14.8 Å². The summed E-state index contributed by atoms with van der Waals surface area (Å²) in [4.78, 5) is 12.4. The van der Waals surface area contributed by atoms with Crippen molar-refractivity contribution >= 4 is 17.8 Å². The first-order valence-electron chi connectivity index (χ1n) is 8.45. The molecular weight excluding hydrogens is 330 g/mol. The highest BCUT2D eigenvalue weighted by molar-refractivity contribution is 5.88. The SMILES string of the molecule is CCC(Nc1ccc(C)cc1)C(=O)N/N=C/c1ccc(OC)cc1OC. The Kier molecular flexibility index (Phi) is 7.02. The lowest BCUT2D eigenvalue weighted by atomic mass is 10.1. The smallest absolute Gasteiger partial charge is 0.262 e. The van der Waals surface area contributed by atoms with Crippen LogP contribution in [0.25, 0.3) is 0 Å². The number of hydrogen-bond donors (Lipinski definition) is 2. The van der Waals surface area contributed by atoms with Crippen LogP contribution in [0.15, 0.2) is 47.6 Å². The Morgan fingerprint density at radius 2 is 1.88 bits per heavy atom. The molecule has 26 heavy (non-hydrogen) atoms. The molecule has 0 fully saturated rings. The number of methoxy groups -OCH3 is 2. The number of nitrogens with zero attached hydrogens (tertiary/aromatic N) is 1. The molecule has 0 radical (unpaired) electrons. The molecule has 2 N–H and O–H groups in total. The van der Waals surface area contributed by atoms with E-state index in [1.54, 1.807) is 32.6 Å². The fraction of sp³-hybridized carbons (Fsp3) is 0.300. The average Bonchev–Trinajstić information content (AvgIpc) is 2.67. The minimum Gasteiger partial charge on any atom is -0.497 e. The van der Waals surface area contributed by atoms with Crippen LogP contribution in [0.3, 0.4) is 0 Å². The van der Waals surface area contributed by atoms with Crippen LogP contribution in [-0.4, -0.2) is 32.4 Å². The van der Waals surface area contributed by atoms with Gasteiger partial charge >= 0.3 is 0 Å². The standard InChI is InChI=1S/C20H25N3O3/c1-5-18(22-16-9-6-14(2)7-10-16)20(24)23-21-13-15-8-11-17(25-3)12-19(15)26-4/h6-13,18,22H,5H2,1-4H3,(H,23,24)/b21-13+. The summed E-state index contributed by atoms with van der Waals surface area (Å²) in [6.07, 6.45) is 2.19. The highest BCUT2D eigenvalue weighted by Gasteiger charge is 2.15. The largest absolute Gasteiger partial charge is 0.497 e. The fourth-order valence-electron chi connectivity index (χ4n) is 2.37. The molecule has 0 saturated carbocycles. The number of carbonyl (C=O) groups excluding carboxylic acids is 1. The van der Waals surface area contributed by atoms with Gasteiger partial charge in [-0.15, -0.1) is 0 Å². The molecule has 2 aromatic carbocycles. The van der Waals surface area contributed by atoms with Crippen molar-refractivity contribution in [3.63, 3.8) is 0 Å². The number of hydrogen-bond acceptors (Lipinski definition) is 5. The molecule has 0 heterocycles. The fourth-order valence-corrected chi connectivity index (χ4v) is 2.37. The van der Waals surface area contributed by atoms with Crippen LogP contribution < -0.4 is 20.2 Å². The summed E-state index contributed by atoms with van der Waals surface area (Å²) < 4.78 is 10.5. The van der Waals surface area contributed by atoms with Gasteiger partial charge in [-0.05, 0) is 37.6 Å². The molecule has 0 aromatic heterocycles. The van der Waals surface area contributed by atoms with Crippen LogP contribution in [0.1, 0.15) is 24.5 Å².